The standard InChI is InChI=1S/C11H18N2O2S2/c1-3-12-6-8-13(9-7-12)17(14,15)11-5-4-10(2)16-11/h4-5H,3,6-9H2,1-2H3/p+1. The molecule has 0 amide bonds. The summed E-state index contributed by atoms with van der Waals surface area (Å²) in [5.41, 5.74) is 0. The second-order valence-electron chi connectivity index (χ2n) is 4.37. The first kappa shape index (κ1) is 13.0. The minimum Gasteiger partial charge on any atom is -0.333 e. The number of thiophene rings is 1. The number of rotatable bonds is 3. The van der Waals surface area contributed by atoms with Gasteiger partial charge in [0.1, 0.15) is 4.21 Å². The summed E-state index contributed by atoms with van der Waals surface area (Å²) in [5, 5.41) is 0. The van der Waals surface area contributed by atoms with Crippen molar-refractivity contribution >= 4 is 21.4 Å². The van der Waals surface area contributed by atoms with E-state index in [-0.39, 0.29) is 0 Å². The van der Waals surface area contributed by atoms with Crippen LogP contribution in [0.2, 0.25) is 0 Å². The van der Waals surface area contributed by atoms with Crippen molar-refractivity contribution in [1.29, 1.82) is 0 Å². The highest BCUT2D eigenvalue weighted by atomic mass is 32.2. The van der Waals surface area contributed by atoms with Gasteiger partial charge >= 0.3 is 0 Å². The summed E-state index contributed by atoms with van der Waals surface area (Å²) in [6.07, 6.45) is 0. The van der Waals surface area contributed by atoms with Crippen molar-refractivity contribution in [2.75, 3.05) is 32.7 Å². The Kier molecular flexibility index (Phi) is 3.87. The predicted octanol–water partition coefficient (Wildman–Crippen LogP) is -0.0344. The van der Waals surface area contributed by atoms with Gasteiger partial charge in [0.15, 0.2) is 0 Å². The highest BCUT2D eigenvalue weighted by Gasteiger charge is 2.30. The van der Waals surface area contributed by atoms with Gasteiger partial charge in [0.25, 0.3) is 10.0 Å². The number of piperazine rings is 1. The Morgan fingerprint density at radius 3 is 2.47 bits per heavy atom. The molecule has 0 saturated carbocycles. The normalized spacial score (nSPS) is 19.6. The van der Waals surface area contributed by atoms with Crippen molar-refractivity contribution in [2.24, 2.45) is 0 Å². The van der Waals surface area contributed by atoms with Gasteiger partial charge in [0.05, 0.1) is 32.7 Å². The zero-order valence-corrected chi connectivity index (χ0v) is 11.9. The van der Waals surface area contributed by atoms with Crippen LogP contribution in [0, 0.1) is 6.92 Å². The van der Waals surface area contributed by atoms with Crippen LogP contribution in [0.15, 0.2) is 16.3 Å². The summed E-state index contributed by atoms with van der Waals surface area (Å²) in [6.45, 7) is 8.27. The fraction of sp³-hybridized carbons (Fsp3) is 0.636. The minimum absolute atomic E-state index is 0.481. The average molecular weight is 275 g/mol. The van der Waals surface area contributed by atoms with Gasteiger partial charge < -0.3 is 4.90 Å². The fourth-order valence-electron chi connectivity index (χ4n) is 2.07. The third-order valence-electron chi connectivity index (χ3n) is 3.24. The maximum atomic E-state index is 12.3. The molecule has 0 aromatic carbocycles. The summed E-state index contributed by atoms with van der Waals surface area (Å²) >= 11 is 1.36. The first-order chi connectivity index (χ1) is 8.04. The lowest BCUT2D eigenvalue weighted by Gasteiger charge is -2.30. The van der Waals surface area contributed by atoms with Crippen molar-refractivity contribution in [3.63, 3.8) is 0 Å². The van der Waals surface area contributed by atoms with Crippen molar-refractivity contribution in [3.8, 4) is 0 Å². The van der Waals surface area contributed by atoms with E-state index in [1.165, 1.54) is 16.2 Å². The van der Waals surface area contributed by atoms with Gasteiger partial charge in [0, 0.05) is 4.88 Å². The van der Waals surface area contributed by atoms with Crippen LogP contribution in [0.1, 0.15) is 11.8 Å². The van der Waals surface area contributed by atoms with E-state index >= 15 is 0 Å². The lowest BCUT2D eigenvalue weighted by atomic mass is 10.4. The van der Waals surface area contributed by atoms with E-state index in [0.717, 1.165) is 24.5 Å². The first-order valence-electron chi connectivity index (χ1n) is 5.94. The summed E-state index contributed by atoms with van der Waals surface area (Å²) in [5.74, 6) is 0. The van der Waals surface area contributed by atoms with Gasteiger partial charge in [-0.15, -0.1) is 11.3 Å². The third-order valence-corrected chi connectivity index (χ3v) is 6.61. The predicted molar refractivity (Wildman–Crippen MR) is 69.1 cm³/mol. The topological polar surface area (TPSA) is 41.8 Å². The molecule has 6 heteroatoms. The fourth-order valence-corrected chi connectivity index (χ4v) is 4.95. The van der Waals surface area contributed by atoms with Gasteiger partial charge in [-0.05, 0) is 26.0 Å². The zero-order chi connectivity index (χ0) is 12.5. The van der Waals surface area contributed by atoms with E-state index < -0.39 is 10.0 Å². The molecule has 1 aliphatic heterocycles. The molecule has 2 heterocycles. The maximum Gasteiger partial charge on any atom is 0.252 e. The Hall–Kier alpha value is -0.430. The molecule has 1 N–H and O–H groups in total. The number of quaternary nitrogens is 1. The summed E-state index contributed by atoms with van der Waals surface area (Å²) in [6, 6.07) is 3.58. The average Bonchev–Trinajstić information content (AvgIpc) is 2.77. The van der Waals surface area contributed by atoms with E-state index in [2.05, 4.69) is 6.92 Å². The van der Waals surface area contributed by atoms with Gasteiger partial charge in [-0.3, -0.25) is 0 Å². The zero-order valence-electron chi connectivity index (χ0n) is 10.3. The number of hydrogen-bond acceptors (Lipinski definition) is 3. The molecule has 1 fully saturated rings. The van der Waals surface area contributed by atoms with E-state index in [0.29, 0.717) is 17.3 Å². The maximum absolute atomic E-state index is 12.3. The molecule has 1 aliphatic rings. The Morgan fingerprint density at radius 1 is 1.35 bits per heavy atom. The lowest BCUT2D eigenvalue weighted by molar-refractivity contribution is -0.901. The van der Waals surface area contributed by atoms with Crippen LogP contribution in [0.4, 0.5) is 0 Å². The molecular formula is C11H19N2O2S2+. The third kappa shape index (κ3) is 2.70. The van der Waals surface area contributed by atoms with E-state index in [4.69, 9.17) is 0 Å². The molecule has 0 spiro atoms. The summed E-state index contributed by atoms with van der Waals surface area (Å²) in [4.78, 5) is 2.53. The van der Waals surface area contributed by atoms with Gasteiger partial charge in [-0.1, -0.05) is 0 Å². The summed E-state index contributed by atoms with van der Waals surface area (Å²) < 4.78 is 26.7. The van der Waals surface area contributed by atoms with Gasteiger partial charge in [-0.2, -0.15) is 4.31 Å². The van der Waals surface area contributed by atoms with Crippen LogP contribution in [-0.2, 0) is 10.0 Å². The van der Waals surface area contributed by atoms with Gasteiger partial charge in [0.2, 0.25) is 0 Å². The van der Waals surface area contributed by atoms with Crippen LogP contribution < -0.4 is 4.90 Å². The van der Waals surface area contributed by atoms with Crippen molar-refractivity contribution in [2.45, 2.75) is 18.1 Å². The Morgan fingerprint density at radius 2 is 2.00 bits per heavy atom. The van der Waals surface area contributed by atoms with Crippen LogP contribution in [0.25, 0.3) is 0 Å². The number of sulfonamides is 1. The van der Waals surface area contributed by atoms with E-state index in [9.17, 15) is 8.42 Å². The number of likely N-dealkylation sites (N-methyl/N-ethyl adjacent to an activating group) is 1. The van der Waals surface area contributed by atoms with Crippen molar-refractivity contribution in [3.05, 3.63) is 17.0 Å². The molecule has 0 bridgehead atoms. The van der Waals surface area contributed by atoms with E-state index in [1.54, 1.807) is 10.4 Å². The molecular weight excluding hydrogens is 256 g/mol. The highest BCUT2D eigenvalue weighted by molar-refractivity contribution is 7.91. The molecule has 0 unspecified atom stereocenters. The van der Waals surface area contributed by atoms with Crippen molar-refractivity contribution < 1.29 is 13.3 Å². The molecule has 0 radical (unpaired) electrons. The summed E-state index contributed by atoms with van der Waals surface area (Å²) in [7, 11) is -3.23. The first-order valence-corrected chi connectivity index (χ1v) is 8.20. The minimum atomic E-state index is -3.23. The lowest BCUT2D eigenvalue weighted by Crippen LogP contribution is -3.14. The molecule has 96 valence electrons. The molecule has 1 aromatic heterocycles. The van der Waals surface area contributed by atoms with Crippen LogP contribution in [-0.4, -0.2) is 45.4 Å². The second kappa shape index (κ2) is 5.06. The number of aryl methyl sites for hydroxylation is 1. The van der Waals surface area contributed by atoms with Crippen molar-refractivity contribution in [1.82, 2.24) is 4.31 Å². The Balaban J connectivity index is 2.12. The Bertz CT molecular complexity index is 473. The monoisotopic (exact) mass is 275 g/mol. The largest absolute Gasteiger partial charge is 0.333 e. The highest BCUT2D eigenvalue weighted by Crippen LogP contribution is 2.24. The molecule has 4 nitrogen and oxygen atoms in total. The molecule has 1 aromatic rings. The van der Waals surface area contributed by atoms with Gasteiger partial charge in [-0.25, -0.2) is 8.42 Å². The molecule has 0 aliphatic carbocycles. The van der Waals surface area contributed by atoms with Crippen LogP contribution >= 0.6 is 11.3 Å². The quantitative estimate of drug-likeness (QED) is 0.841. The van der Waals surface area contributed by atoms with E-state index in [1.807, 2.05) is 13.0 Å². The SMILES string of the molecule is CC[NH+]1CCN(S(=O)(=O)c2ccc(C)s2)CC1. The number of nitrogens with one attached hydrogen (secondary N) is 1. The molecule has 17 heavy (non-hydrogen) atoms. The van der Waals surface area contributed by atoms with Crippen LogP contribution in [0.5, 0.6) is 0 Å². The number of nitrogens with zero attached hydrogens (tertiary/aromatic N) is 1. The smallest absolute Gasteiger partial charge is 0.252 e. The molecule has 1 saturated heterocycles. The number of hydrogen-bond donors (Lipinski definition) is 1. The molecule has 0 atom stereocenters. The molecule has 2 rings (SSSR count). The second-order valence-corrected chi connectivity index (χ2v) is 7.83. The van der Waals surface area contributed by atoms with Crippen LogP contribution in [0.3, 0.4) is 0 Å². The Labute approximate surface area is 107 Å².